The summed E-state index contributed by atoms with van der Waals surface area (Å²) in [5, 5.41) is 0. The number of hydrogen-bond acceptors (Lipinski definition) is 2. The van der Waals surface area contributed by atoms with Crippen LogP contribution in [0.25, 0.3) is 0 Å². The Kier molecular flexibility index (Phi) is 4.65. The molecule has 0 aromatic carbocycles. The second-order valence-electron chi connectivity index (χ2n) is 7.76. The second-order valence-corrected chi connectivity index (χ2v) is 7.76. The van der Waals surface area contributed by atoms with Gasteiger partial charge in [0.2, 0.25) is 5.91 Å². The van der Waals surface area contributed by atoms with Gasteiger partial charge in [-0.1, -0.05) is 33.8 Å². The molecule has 1 aliphatic rings. The first-order chi connectivity index (χ1) is 10.2. The summed E-state index contributed by atoms with van der Waals surface area (Å²) in [5.74, 6) is 0.830. The molecule has 2 rings (SSSR count). The highest BCUT2D eigenvalue weighted by Gasteiger charge is 2.45. The number of aryl methyl sites for hydroxylation is 1. The number of hydrogen-bond donors (Lipinski definition) is 0. The summed E-state index contributed by atoms with van der Waals surface area (Å²) in [4.78, 5) is 18.0. The van der Waals surface area contributed by atoms with E-state index in [-0.39, 0.29) is 16.7 Å². The zero-order valence-corrected chi connectivity index (χ0v) is 14.9. The zero-order valence-electron chi connectivity index (χ0n) is 14.9. The molecule has 1 amide bonds. The fourth-order valence-corrected chi connectivity index (χ4v) is 3.92. The van der Waals surface area contributed by atoms with E-state index in [0.29, 0.717) is 5.92 Å². The van der Waals surface area contributed by atoms with Gasteiger partial charge < -0.3 is 4.90 Å². The molecular weight excluding hydrogens is 272 g/mol. The Morgan fingerprint density at radius 2 is 1.82 bits per heavy atom. The molecule has 0 unspecified atom stereocenters. The molecule has 1 fully saturated rings. The number of amides is 1. The molecule has 1 aromatic rings. The molecule has 0 atom stereocenters. The van der Waals surface area contributed by atoms with Crippen molar-refractivity contribution in [1.82, 2.24) is 9.88 Å². The normalized spacial score (nSPS) is 17.6. The maximum atomic E-state index is 11.5. The summed E-state index contributed by atoms with van der Waals surface area (Å²) >= 11 is 0. The van der Waals surface area contributed by atoms with Crippen molar-refractivity contribution >= 4 is 5.91 Å². The fourth-order valence-electron chi connectivity index (χ4n) is 3.92. The highest BCUT2D eigenvalue weighted by Crippen LogP contribution is 2.50. The minimum Gasteiger partial charge on any atom is -0.343 e. The van der Waals surface area contributed by atoms with Crippen molar-refractivity contribution in [2.75, 3.05) is 13.1 Å². The van der Waals surface area contributed by atoms with Crippen molar-refractivity contribution in [3.8, 4) is 0 Å². The van der Waals surface area contributed by atoms with Gasteiger partial charge in [-0.2, -0.15) is 0 Å². The fraction of sp³-hybridized carbons (Fsp3) is 0.684. The monoisotopic (exact) mass is 302 g/mol. The zero-order chi connectivity index (χ0) is 16.5. The molecule has 0 radical (unpaired) electrons. The number of piperidine rings is 1. The highest BCUT2D eigenvalue weighted by molar-refractivity contribution is 5.73. The van der Waals surface area contributed by atoms with Crippen LogP contribution in [0.3, 0.4) is 0 Å². The molecule has 3 nitrogen and oxygen atoms in total. The predicted octanol–water partition coefficient (Wildman–Crippen LogP) is 3.95. The topological polar surface area (TPSA) is 33.2 Å². The molecule has 22 heavy (non-hydrogen) atoms. The van der Waals surface area contributed by atoms with Gasteiger partial charge in [0, 0.05) is 31.9 Å². The first-order valence-corrected chi connectivity index (χ1v) is 8.35. The summed E-state index contributed by atoms with van der Waals surface area (Å²) in [7, 11) is 0. The van der Waals surface area contributed by atoms with Crippen molar-refractivity contribution in [3.63, 3.8) is 0 Å². The van der Waals surface area contributed by atoms with Crippen molar-refractivity contribution in [1.29, 1.82) is 0 Å². The molecule has 2 heterocycles. The molecule has 1 aliphatic heterocycles. The van der Waals surface area contributed by atoms with Crippen molar-refractivity contribution in [2.24, 2.45) is 11.3 Å². The van der Waals surface area contributed by atoms with Crippen LogP contribution in [-0.4, -0.2) is 28.9 Å². The first kappa shape index (κ1) is 17.0. The van der Waals surface area contributed by atoms with E-state index in [4.69, 9.17) is 0 Å². The van der Waals surface area contributed by atoms with Crippen LogP contribution in [0, 0.1) is 18.3 Å². The lowest BCUT2D eigenvalue weighted by Gasteiger charge is -2.50. The summed E-state index contributed by atoms with van der Waals surface area (Å²) < 4.78 is 0. The molecule has 122 valence electrons. The maximum Gasteiger partial charge on any atom is 0.219 e. The van der Waals surface area contributed by atoms with E-state index in [0.717, 1.165) is 31.6 Å². The Morgan fingerprint density at radius 1 is 1.23 bits per heavy atom. The summed E-state index contributed by atoms with van der Waals surface area (Å²) in [6, 6.07) is 4.26. The Labute approximate surface area is 135 Å². The van der Waals surface area contributed by atoms with Gasteiger partial charge in [0.25, 0.3) is 0 Å². The van der Waals surface area contributed by atoms with Crippen LogP contribution in [0.1, 0.15) is 58.7 Å². The minimum absolute atomic E-state index is 0.0500. The van der Waals surface area contributed by atoms with Gasteiger partial charge in [-0.25, -0.2) is 0 Å². The van der Waals surface area contributed by atoms with Gasteiger partial charge in [0.15, 0.2) is 0 Å². The van der Waals surface area contributed by atoms with Gasteiger partial charge in [0.05, 0.1) is 0 Å². The van der Waals surface area contributed by atoms with E-state index in [9.17, 15) is 4.79 Å². The van der Waals surface area contributed by atoms with Crippen LogP contribution in [0.15, 0.2) is 18.3 Å². The van der Waals surface area contributed by atoms with E-state index in [1.807, 2.05) is 17.2 Å². The third-order valence-electron chi connectivity index (χ3n) is 6.25. The average molecular weight is 302 g/mol. The Hall–Kier alpha value is -1.38. The number of carbonyl (C=O) groups is 1. The van der Waals surface area contributed by atoms with Crippen molar-refractivity contribution in [3.05, 3.63) is 29.6 Å². The van der Waals surface area contributed by atoms with E-state index < -0.39 is 0 Å². The Bertz CT molecular complexity index is 540. The van der Waals surface area contributed by atoms with Crippen molar-refractivity contribution < 1.29 is 4.79 Å². The highest BCUT2D eigenvalue weighted by atomic mass is 16.2. The number of likely N-dealkylation sites (tertiary alicyclic amines) is 1. The predicted molar refractivity (Wildman–Crippen MR) is 90.8 cm³/mol. The van der Waals surface area contributed by atoms with E-state index in [1.54, 1.807) is 6.92 Å². The largest absolute Gasteiger partial charge is 0.343 e. The van der Waals surface area contributed by atoms with Crippen molar-refractivity contribution in [2.45, 2.75) is 59.8 Å². The van der Waals surface area contributed by atoms with Crippen LogP contribution in [0.5, 0.6) is 0 Å². The molecule has 1 aromatic heterocycles. The third kappa shape index (κ3) is 2.90. The van der Waals surface area contributed by atoms with Gasteiger partial charge in [-0.05, 0) is 48.1 Å². The summed E-state index contributed by atoms with van der Waals surface area (Å²) in [6.45, 7) is 15.0. The third-order valence-corrected chi connectivity index (χ3v) is 6.25. The molecule has 0 N–H and O–H groups in total. The first-order valence-electron chi connectivity index (χ1n) is 8.35. The second kappa shape index (κ2) is 6.02. The standard InChI is InChI=1S/C19H30N2O/c1-14-17(8-7-11-20-14)19(5,6)18(3,4)16-9-12-21(13-10-16)15(2)22/h7-8,11,16H,9-10,12-13H2,1-6H3. The van der Waals surface area contributed by atoms with E-state index in [2.05, 4.69) is 45.7 Å². The molecule has 3 heteroatoms. The van der Waals surface area contributed by atoms with Gasteiger partial charge >= 0.3 is 0 Å². The SMILES string of the molecule is CC(=O)N1CCC(C(C)(C)C(C)(C)c2cccnc2C)CC1. The number of nitrogens with zero attached hydrogens (tertiary/aromatic N) is 2. The van der Waals surface area contributed by atoms with Gasteiger partial charge in [0.1, 0.15) is 0 Å². The minimum atomic E-state index is 0.0500. The quantitative estimate of drug-likeness (QED) is 0.847. The number of pyridine rings is 1. The maximum absolute atomic E-state index is 11.5. The molecule has 0 aliphatic carbocycles. The van der Waals surface area contributed by atoms with Crippen LogP contribution in [0.4, 0.5) is 0 Å². The van der Waals surface area contributed by atoms with E-state index >= 15 is 0 Å². The van der Waals surface area contributed by atoms with Crippen LogP contribution in [-0.2, 0) is 10.2 Å². The molecule has 0 spiro atoms. The van der Waals surface area contributed by atoms with Gasteiger partial charge in [-0.3, -0.25) is 9.78 Å². The lowest BCUT2D eigenvalue weighted by Crippen LogP contribution is -2.48. The molecule has 0 bridgehead atoms. The van der Waals surface area contributed by atoms with Crippen LogP contribution in [0.2, 0.25) is 0 Å². The Morgan fingerprint density at radius 3 is 2.32 bits per heavy atom. The molecular formula is C19H30N2O. The number of rotatable bonds is 3. The lowest BCUT2D eigenvalue weighted by molar-refractivity contribution is -0.131. The van der Waals surface area contributed by atoms with Crippen LogP contribution >= 0.6 is 0 Å². The van der Waals surface area contributed by atoms with Gasteiger partial charge in [-0.15, -0.1) is 0 Å². The lowest BCUT2D eigenvalue weighted by atomic mass is 9.56. The van der Waals surface area contributed by atoms with Crippen LogP contribution < -0.4 is 0 Å². The summed E-state index contributed by atoms with van der Waals surface area (Å²) in [5.41, 5.74) is 2.67. The number of carbonyl (C=O) groups excluding carboxylic acids is 1. The number of aromatic nitrogens is 1. The van der Waals surface area contributed by atoms with E-state index in [1.165, 1.54) is 5.56 Å². The Balaban J connectivity index is 2.23. The molecule has 0 saturated carbocycles. The smallest absolute Gasteiger partial charge is 0.219 e. The summed E-state index contributed by atoms with van der Waals surface area (Å²) in [6.07, 6.45) is 4.05. The molecule has 1 saturated heterocycles. The average Bonchev–Trinajstić information content (AvgIpc) is 2.47.